The minimum atomic E-state index is -1.19. The van der Waals surface area contributed by atoms with Gasteiger partial charge in [0, 0.05) is 42.1 Å². The van der Waals surface area contributed by atoms with Crippen LogP contribution in [0.25, 0.3) is 10.8 Å². The average molecular weight is 899 g/mol. The number of oxime groups is 1. The second kappa shape index (κ2) is 21.5. The molecule has 0 bridgehead atoms. The molecule has 0 aromatic heterocycles. The Hall–Kier alpha value is -5.79. The van der Waals surface area contributed by atoms with Crippen LogP contribution in [0.4, 0.5) is 10.5 Å². The lowest BCUT2D eigenvalue weighted by Crippen LogP contribution is -2.64. The maximum Gasteiger partial charge on any atom is 0.417 e. The van der Waals surface area contributed by atoms with Crippen LogP contribution in [0, 0.1) is 17.8 Å². The molecule has 8 rings (SSSR count). The molecule has 12 heteroatoms. The minimum Gasteiger partial charge on any atom is -0.497 e. The van der Waals surface area contributed by atoms with Gasteiger partial charge in [-0.15, -0.1) is 18.3 Å². The maximum atomic E-state index is 13.6. The number of methoxy groups -OCH3 is 2. The highest BCUT2D eigenvalue weighted by atomic mass is 32.2. The monoisotopic (exact) mass is 898 g/mol. The average Bonchev–Trinajstić information content (AvgIpc) is 3.33. The van der Waals surface area contributed by atoms with Crippen LogP contribution in [0.1, 0.15) is 62.0 Å². The number of fused-ring (bicyclic) bond motifs is 3. The molecule has 5 aromatic carbocycles. The van der Waals surface area contributed by atoms with Crippen molar-refractivity contribution in [3.05, 3.63) is 145 Å². The number of aliphatic hydroxyl groups excluding tert-OH is 2. The van der Waals surface area contributed by atoms with Crippen LogP contribution in [-0.2, 0) is 16.2 Å². The lowest BCUT2D eigenvalue weighted by Gasteiger charge is -2.58. The van der Waals surface area contributed by atoms with E-state index in [0.717, 1.165) is 63.8 Å². The first-order chi connectivity index (χ1) is 31.9. The SMILES string of the molecule is C=CCO[C@@]12Oc3ccc(OC(=O)Nc4ccc(OC)cc4OC)cc3[C@H]3[C@H](CCCCO)[C@@H](CCCCO)C=C(C(=NOCc4ccccc4)C[C@@H]1Sc1ccc4ccccc4c1)[C@H]32. The number of rotatable bonds is 20. The van der Waals surface area contributed by atoms with Crippen molar-refractivity contribution in [1.29, 1.82) is 0 Å². The Kier molecular flexibility index (Phi) is 15.1. The second-order valence-electron chi connectivity index (χ2n) is 16.7. The number of carbonyl (C=O) groups excluding carboxylic acids is 1. The van der Waals surface area contributed by atoms with Gasteiger partial charge in [0.1, 0.15) is 29.6 Å². The highest BCUT2D eigenvalue weighted by molar-refractivity contribution is 8.00. The Morgan fingerprint density at radius 1 is 0.877 bits per heavy atom. The van der Waals surface area contributed by atoms with Crippen molar-refractivity contribution in [1.82, 2.24) is 0 Å². The minimum absolute atomic E-state index is 0.0619. The Morgan fingerprint density at radius 3 is 2.42 bits per heavy atom. The lowest BCUT2D eigenvalue weighted by molar-refractivity contribution is -0.223. The van der Waals surface area contributed by atoms with Gasteiger partial charge in [0.2, 0.25) is 5.79 Å². The summed E-state index contributed by atoms with van der Waals surface area (Å²) in [6.07, 6.45) is 8.57. The van der Waals surface area contributed by atoms with E-state index in [2.05, 4.69) is 54.4 Å². The van der Waals surface area contributed by atoms with Crippen LogP contribution in [0.2, 0.25) is 0 Å². The van der Waals surface area contributed by atoms with Crippen molar-refractivity contribution in [3.8, 4) is 23.0 Å². The fraction of sp³-hybridized carbons (Fsp3) is 0.358. The van der Waals surface area contributed by atoms with E-state index in [1.165, 1.54) is 7.11 Å². The van der Waals surface area contributed by atoms with Crippen molar-refractivity contribution in [2.45, 2.75) is 73.4 Å². The Balaban J connectivity index is 1.26. The van der Waals surface area contributed by atoms with E-state index in [9.17, 15) is 15.0 Å². The summed E-state index contributed by atoms with van der Waals surface area (Å²) < 4.78 is 31.4. The second-order valence-corrected chi connectivity index (χ2v) is 18.0. The molecule has 2 aliphatic carbocycles. The van der Waals surface area contributed by atoms with Crippen molar-refractivity contribution >= 4 is 40.0 Å². The van der Waals surface area contributed by atoms with Crippen LogP contribution < -0.4 is 24.3 Å². The summed E-state index contributed by atoms with van der Waals surface area (Å²) in [6.45, 7) is 4.82. The predicted molar refractivity (Wildman–Crippen MR) is 255 cm³/mol. The number of aliphatic hydroxyl groups is 2. The van der Waals surface area contributed by atoms with Gasteiger partial charge < -0.3 is 38.7 Å². The number of amides is 1. The van der Waals surface area contributed by atoms with Crippen LogP contribution in [-0.4, -0.2) is 67.1 Å². The summed E-state index contributed by atoms with van der Waals surface area (Å²) >= 11 is 1.71. The van der Waals surface area contributed by atoms with Gasteiger partial charge in [-0.3, -0.25) is 5.32 Å². The van der Waals surface area contributed by atoms with Gasteiger partial charge in [0.15, 0.2) is 0 Å². The molecule has 0 saturated heterocycles. The molecule has 65 heavy (non-hydrogen) atoms. The summed E-state index contributed by atoms with van der Waals surface area (Å²) in [5.74, 6) is 0.381. The van der Waals surface area contributed by atoms with E-state index >= 15 is 0 Å². The van der Waals surface area contributed by atoms with Gasteiger partial charge >= 0.3 is 6.09 Å². The number of unbranched alkanes of at least 4 members (excludes halogenated alkanes) is 2. The first-order valence-corrected chi connectivity index (χ1v) is 23.4. The molecule has 0 unspecified atom stereocenters. The third-order valence-electron chi connectivity index (χ3n) is 12.7. The fourth-order valence-corrected chi connectivity index (χ4v) is 11.1. The number of hydrogen-bond donors (Lipinski definition) is 3. The first-order valence-electron chi connectivity index (χ1n) is 22.5. The molecule has 1 aliphatic heterocycles. The topological polar surface area (TPSA) is 137 Å². The summed E-state index contributed by atoms with van der Waals surface area (Å²) in [5, 5.41) is 29.8. The zero-order valence-corrected chi connectivity index (χ0v) is 37.8. The number of thioether (sulfide) groups is 1. The largest absolute Gasteiger partial charge is 0.497 e. The number of nitrogens with one attached hydrogen (secondary N) is 1. The summed E-state index contributed by atoms with van der Waals surface area (Å²) in [6, 6.07) is 35.6. The summed E-state index contributed by atoms with van der Waals surface area (Å²) in [5.41, 5.74) is 4.18. The Bertz CT molecular complexity index is 2490. The van der Waals surface area contributed by atoms with E-state index in [0.29, 0.717) is 54.6 Å². The molecular weight excluding hydrogens is 841 g/mol. The van der Waals surface area contributed by atoms with Gasteiger partial charge in [-0.05, 0) is 102 Å². The van der Waals surface area contributed by atoms with Crippen molar-refractivity contribution in [2.75, 3.05) is 39.4 Å². The van der Waals surface area contributed by atoms with E-state index in [1.54, 1.807) is 49.2 Å². The third kappa shape index (κ3) is 10.2. The Labute approximate surface area is 385 Å². The van der Waals surface area contributed by atoms with Gasteiger partial charge in [-0.25, -0.2) is 4.79 Å². The number of benzene rings is 5. The van der Waals surface area contributed by atoms with Crippen LogP contribution in [0.15, 0.2) is 144 Å². The van der Waals surface area contributed by atoms with Gasteiger partial charge in [0.25, 0.3) is 0 Å². The Morgan fingerprint density at radius 2 is 1.65 bits per heavy atom. The number of anilines is 1. The molecule has 0 radical (unpaired) electrons. The highest BCUT2D eigenvalue weighted by Crippen LogP contribution is 2.63. The van der Waals surface area contributed by atoms with Crippen LogP contribution in [0.3, 0.4) is 0 Å². The lowest BCUT2D eigenvalue weighted by atomic mass is 9.56. The zero-order chi connectivity index (χ0) is 45.2. The molecule has 1 heterocycles. The molecular formula is C53H58N2O9S. The molecule has 5 aromatic rings. The van der Waals surface area contributed by atoms with Gasteiger partial charge in [0.05, 0.1) is 43.4 Å². The summed E-state index contributed by atoms with van der Waals surface area (Å²) in [7, 11) is 3.09. The highest BCUT2D eigenvalue weighted by Gasteiger charge is 2.64. The van der Waals surface area contributed by atoms with E-state index in [1.807, 2.05) is 48.5 Å². The quantitative estimate of drug-likeness (QED) is 0.0393. The molecule has 11 nitrogen and oxygen atoms in total. The normalized spacial score (nSPS) is 22.5. The fourth-order valence-electron chi connectivity index (χ4n) is 9.80. The number of ether oxygens (including phenoxy) is 5. The van der Waals surface area contributed by atoms with Crippen LogP contribution >= 0.6 is 11.8 Å². The predicted octanol–water partition coefficient (Wildman–Crippen LogP) is 11.1. The molecule has 1 amide bonds. The third-order valence-corrected chi connectivity index (χ3v) is 14.0. The van der Waals surface area contributed by atoms with Gasteiger partial charge in [-0.1, -0.05) is 90.8 Å². The standard InChI is InChI=1S/C53H58N2O9S/c1-4-28-61-53-49(65-41-23-20-36-16-8-9-17-37(36)29-41)33-46(55-62-34-35-14-6-5-7-15-35)43-30-38(18-10-12-26-56)42(19-11-13-27-57)50(51(43)53)44-31-40(22-25-47(44)64-53)63-52(58)54-45-24-21-39(59-2)32-48(45)60-3/h4-9,14-17,20-25,29-32,38,42,49-51,56-57H,1,10-13,18-19,26-28,33-34H2,2-3H3,(H,54,58)/t38-,42+,49-,50+,51+,53+/m0/s1. The smallest absolute Gasteiger partial charge is 0.417 e. The number of hydrogen-bond acceptors (Lipinski definition) is 11. The van der Waals surface area contributed by atoms with E-state index in [-0.39, 0.29) is 48.7 Å². The van der Waals surface area contributed by atoms with E-state index < -0.39 is 11.9 Å². The first kappa shape index (κ1) is 45.8. The number of allylic oxidation sites excluding steroid dienone is 1. The van der Waals surface area contributed by atoms with Crippen molar-refractivity contribution < 1.29 is 43.5 Å². The molecule has 1 fully saturated rings. The van der Waals surface area contributed by atoms with E-state index in [4.69, 9.17) is 33.7 Å². The molecule has 3 aliphatic rings. The maximum absolute atomic E-state index is 13.6. The van der Waals surface area contributed by atoms with Crippen molar-refractivity contribution in [3.63, 3.8) is 0 Å². The molecule has 0 spiro atoms. The molecule has 6 atom stereocenters. The van der Waals surface area contributed by atoms with Gasteiger partial charge in [-0.2, -0.15) is 0 Å². The molecule has 340 valence electrons. The van der Waals surface area contributed by atoms with Crippen molar-refractivity contribution in [2.24, 2.45) is 22.9 Å². The van der Waals surface area contributed by atoms with Crippen LogP contribution in [0.5, 0.6) is 23.0 Å². The molecule has 1 saturated carbocycles. The summed E-state index contributed by atoms with van der Waals surface area (Å²) in [4.78, 5) is 20.9. The number of nitrogens with zero attached hydrogens (tertiary/aromatic N) is 1. The number of carbonyl (C=O) groups is 1. The zero-order valence-electron chi connectivity index (χ0n) is 37.0. The molecule has 3 N–H and O–H groups in total.